The van der Waals surface area contributed by atoms with Crippen LogP contribution in [0.3, 0.4) is 0 Å². The lowest BCUT2D eigenvalue weighted by Gasteiger charge is -2.15. The quantitative estimate of drug-likeness (QED) is 0.368. The van der Waals surface area contributed by atoms with E-state index in [9.17, 15) is 0 Å². The number of halogens is 2. The van der Waals surface area contributed by atoms with E-state index in [2.05, 4.69) is 70.6 Å². The molecule has 0 spiro atoms. The van der Waals surface area contributed by atoms with E-state index in [4.69, 9.17) is 21.1 Å². The third kappa shape index (κ3) is 6.49. The van der Waals surface area contributed by atoms with Crippen molar-refractivity contribution >= 4 is 27.5 Å². The van der Waals surface area contributed by atoms with Gasteiger partial charge < -0.3 is 14.8 Å². The third-order valence-electron chi connectivity index (χ3n) is 4.63. The predicted octanol–water partition coefficient (Wildman–Crippen LogP) is 6.33. The van der Waals surface area contributed by atoms with E-state index < -0.39 is 0 Å². The van der Waals surface area contributed by atoms with E-state index >= 15 is 0 Å². The van der Waals surface area contributed by atoms with Gasteiger partial charge in [-0.1, -0.05) is 53.6 Å². The van der Waals surface area contributed by atoms with Crippen LogP contribution in [0.5, 0.6) is 11.5 Å². The van der Waals surface area contributed by atoms with Crippen LogP contribution >= 0.6 is 27.5 Å². The van der Waals surface area contributed by atoms with Gasteiger partial charge in [-0.05, 0) is 76.8 Å². The summed E-state index contributed by atoms with van der Waals surface area (Å²) in [4.78, 5) is 0. The molecule has 0 aromatic heterocycles. The predicted molar refractivity (Wildman–Crippen MR) is 123 cm³/mol. The molecule has 0 unspecified atom stereocenters. The maximum absolute atomic E-state index is 6.03. The Balaban J connectivity index is 1.57. The Morgan fingerprint density at radius 1 is 0.931 bits per heavy atom. The molecule has 0 saturated heterocycles. The van der Waals surface area contributed by atoms with E-state index in [1.807, 2.05) is 18.2 Å². The average molecular weight is 475 g/mol. The van der Waals surface area contributed by atoms with Crippen LogP contribution in [0.1, 0.15) is 22.3 Å². The van der Waals surface area contributed by atoms with Crippen LogP contribution in [0.2, 0.25) is 5.02 Å². The van der Waals surface area contributed by atoms with Gasteiger partial charge in [-0.25, -0.2) is 0 Å². The fraction of sp³-hybridized carbons (Fsp3) is 0.250. The number of aryl methyl sites for hydroxylation is 1. The molecule has 5 heteroatoms. The van der Waals surface area contributed by atoms with E-state index in [-0.39, 0.29) is 0 Å². The number of nitrogens with one attached hydrogen (secondary N) is 1. The van der Waals surface area contributed by atoms with Crippen LogP contribution in [0.15, 0.2) is 65.1 Å². The molecule has 0 aliphatic carbocycles. The molecule has 0 atom stereocenters. The highest BCUT2D eigenvalue weighted by Crippen LogP contribution is 2.37. The molecular formula is C24H25BrClNO2. The summed E-state index contributed by atoms with van der Waals surface area (Å²) in [6.07, 6.45) is 0.952. The molecule has 0 heterocycles. The molecule has 29 heavy (non-hydrogen) atoms. The Bertz CT molecular complexity index is 927. The summed E-state index contributed by atoms with van der Waals surface area (Å²) in [5, 5.41) is 4.24. The summed E-state index contributed by atoms with van der Waals surface area (Å²) in [5.41, 5.74) is 4.76. The van der Waals surface area contributed by atoms with Gasteiger partial charge in [0.05, 0.1) is 11.6 Å². The molecule has 3 aromatic carbocycles. The van der Waals surface area contributed by atoms with Gasteiger partial charge in [0.15, 0.2) is 11.5 Å². The molecule has 0 fully saturated rings. The Morgan fingerprint density at radius 3 is 2.31 bits per heavy atom. The second-order valence-corrected chi connectivity index (χ2v) is 8.23. The van der Waals surface area contributed by atoms with Crippen molar-refractivity contribution in [1.82, 2.24) is 5.32 Å². The van der Waals surface area contributed by atoms with E-state index in [0.717, 1.165) is 51.6 Å². The SMILES string of the molecule is COc1cc(CNCCc2ccc(Cl)cc2)cc(Br)c1OCc1ccc(C)cc1. The summed E-state index contributed by atoms with van der Waals surface area (Å²) < 4.78 is 12.5. The van der Waals surface area contributed by atoms with Crippen molar-refractivity contribution in [2.75, 3.05) is 13.7 Å². The van der Waals surface area contributed by atoms with Gasteiger partial charge in [-0.15, -0.1) is 0 Å². The Kier molecular flexibility index (Phi) is 7.99. The topological polar surface area (TPSA) is 30.5 Å². The summed E-state index contributed by atoms with van der Waals surface area (Å²) in [6, 6.07) is 20.4. The summed E-state index contributed by atoms with van der Waals surface area (Å²) >= 11 is 9.56. The van der Waals surface area contributed by atoms with Gasteiger partial charge in [-0.2, -0.15) is 0 Å². The lowest BCUT2D eigenvalue weighted by Crippen LogP contribution is -2.16. The minimum absolute atomic E-state index is 0.494. The molecule has 3 nitrogen and oxygen atoms in total. The van der Waals surface area contributed by atoms with Crippen LogP contribution < -0.4 is 14.8 Å². The van der Waals surface area contributed by atoms with Crippen LogP contribution in [0.25, 0.3) is 0 Å². The van der Waals surface area contributed by atoms with Gasteiger partial charge in [0.25, 0.3) is 0 Å². The highest BCUT2D eigenvalue weighted by Gasteiger charge is 2.12. The minimum atomic E-state index is 0.494. The van der Waals surface area contributed by atoms with Gasteiger partial charge >= 0.3 is 0 Å². The second kappa shape index (κ2) is 10.7. The highest BCUT2D eigenvalue weighted by atomic mass is 79.9. The van der Waals surface area contributed by atoms with Crippen molar-refractivity contribution in [1.29, 1.82) is 0 Å². The second-order valence-electron chi connectivity index (χ2n) is 6.94. The smallest absolute Gasteiger partial charge is 0.175 e. The zero-order valence-electron chi connectivity index (χ0n) is 16.7. The molecule has 0 bridgehead atoms. The first-order chi connectivity index (χ1) is 14.0. The zero-order valence-corrected chi connectivity index (χ0v) is 19.0. The molecule has 0 aliphatic heterocycles. The Hall–Kier alpha value is -2.01. The lowest BCUT2D eigenvalue weighted by molar-refractivity contribution is 0.282. The van der Waals surface area contributed by atoms with Crippen LogP contribution in [0.4, 0.5) is 0 Å². The molecule has 0 saturated carbocycles. The van der Waals surface area contributed by atoms with E-state index in [1.165, 1.54) is 11.1 Å². The van der Waals surface area contributed by atoms with Crippen molar-refractivity contribution in [3.63, 3.8) is 0 Å². The monoisotopic (exact) mass is 473 g/mol. The van der Waals surface area contributed by atoms with Gasteiger partial charge in [0.2, 0.25) is 0 Å². The normalized spacial score (nSPS) is 10.8. The Morgan fingerprint density at radius 2 is 1.62 bits per heavy atom. The first kappa shape index (κ1) is 21.7. The van der Waals surface area contributed by atoms with Crippen molar-refractivity contribution < 1.29 is 9.47 Å². The number of ether oxygens (including phenoxy) is 2. The molecule has 1 N–H and O–H groups in total. The molecule has 3 rings (SSSR count). The first-order valence-corrected chi connectivity index (χ1v) is 10.7. The highest BCUT2D eigenvalue weighted by molar-refractivity contribution is 9.10. The standard InChI is InChI=1S/C24H25BrClNO2/c1-17-3-5-19(6-4-17)16-29-24-22(25)13-20(14-23(24)28-2)15-27-12-11-18-7-9-21(26)10-8-18/h3-10,13-14,27H,11-12,15-16H2,1-2H3. The van der Waals surface area contributed by atoms with Gasteiger partial charge in [0.1, 0.15) is 6.61 Å². The lowest BCUT2D eigenvalue weighted by atomic mass is 10.1. The van der Waals surface area contributed by atoms with Crippen LogP contribution in [-0.4, -0.2) is 13.7 Å². The zero-order chi connectivity index (χ0) is 20.6. The number of rotatable bonds is 9. The Labute approximate surface area is 186 Å². The van der Waals surface area contributed by atoms with E-state index in [0.29, 0.717) is 6.61 Å². The summed E-state index contributed by atoms with van der Waals surface area (Å²) in [5.74, 6) is 1.44. The van der Waals surface area contributed by atoms with Crippen molar-refractivity contribution in [2.24, 2.45) is 0 Å². The fourth-order valence-corrected chi connectivity index (χ4v) is 3.70. The first-order valence-electron chi connectivity index (χ1n) is 9.55. The minimum Gasteiger partial charge on any atom is -0.493 e. The number of methoxy groups -OCH3 is 1. The molecule has 0 aliphatic rings. The molecular weight excluding hydrogens is 450 g/mol. The maximum atomic E-state index is 6.03. The third-order valence-corrected chi connectivity index (χ3v) is 5.47. The van der Waals surface area contributed by atoms with Gasteiger partial charge in [0, 0.05) is 11.6 Å². The summed E-state index contributed by atoms with van der Waals surface area (Å²) in [6.45, 7) is 4.20. The fourth-order valence-electron chi connectivity index (χ4n) is 2.97. The van der Waals surface area contributed by atoms with Crippen molar-refractivity contribution in [2.45, 2.75) is 26.5 Å². The molecule has 3 aromatic rings. The molecule has 0 amide bonds. The number of hydrogen-bond donors (Lipinski definition) is 1. The maximum Gasteiger partial charge on any atom is 0.175 e. The molecule has 152 valence electrons. The van der Waals surface area contributed by atoms with Crippen molar-refractivity contribution in [3.8, 4) is 11.5 Å². The number of hydrogen-bond acceptors (Lipinski definition) is 3. The van der Waals surface area contributed by atoms with Crippen molar-refractivity contribution in [3.05, 3.63) is 92.4 Å². The number of benzene rings is 3. The van der Waals surface area contributed by atoms with Gasteiger partial charge in [-0.3, -0.25) is 0 Å². The summed E-state index contributed by atoms with van der Waals surface area (Å²) in [7, 11) is 1.66. The van der Waals surface area contributed by atoms with Crippen LogP contribution in [-0.2, 0) is 19.6 Å². The molecule has 0 radical (unpaired) electrons. The largest absolute Gasteiger partial charge is 0.493 e. The van der Waals surface area contributed by atoms with Crippen LogP contribution in [0, 0.1) is 6.92 Å². The van der Waals surface area contributed by atoms with E-state index in [1.54, 1.807) is 7.11 Å². The average Bonchev–Trinajstić information content (AvgIpc) is 2.72.